The number of ether oxygens (including phenoxy) is 2. The lowest BCUT2D eigenvalue weighted by molar-refractivity contribution is -0.169. The third-order valence-electron chi connectivity index (χ3n) is 4.67. The maximum absolute atomic E-state index is 13.0. The van der Waals surface area contributed by atoms with E-state index in [9.17, 15) is 4.79 Å². The molecule has 0 saturated carbocycles. The number of hydrogen-bond donors (Lipinski definition) is 0. The maximum atomic E-state index is 13.0. The first-order chi connectivity index (χ1) is 12.7. The highest BCUT2D eigenvalue weighted by Crippen LogP contribution is 2.22. The smallest absolute Gasteiger partial charge is 0.278 e. The van der Waals surface area contributed by atoms with Crippen LogP contribution in [0, 0.1) is 6.92 Å². The quantitative estimate of drug-likeness (QED) is 0.711. The van der Waals surface area contributed by atoms with Gasteiger partial charge in [-0.05, 0) is 44.4 Å². The fraction of sp³-hybridized carbons (Fsp3) is 0.333. The molecule has 5 nitrogen and oxygen atoms in total. The Hall–Kier alpha value is -2.50. The van der Waals surface area contributed by atoms with Gasteiger partial charge in [0, 0.05) is 17.6 Å². The van der Waals surface area contributed by atoms with E-state index in [-0.39, 0.29) is 12.2 Å². The van der Waals surface area contributed by atoms with E-state index in [1.54, 1.807) is 0 Å². The van der Waals surface area contributed by atoms with Crippen LogP contribution in [0.2, 0.25) is 0 Å². The highest BCUT2D eigenvalue weighted by Gasteiger charge is 2.19. The summed E-state index contributed by atoms with van der Waals surface area (Å²) in [6.45, 7) is 3.05. The van der Waals surface area contributed by atoms with Crippen molar-refractivity contribution in [3.8, 4) is 0 Å². The van der Waals surface area contributed by atoms with Gasteiger partial charge in [0.2, 0.25) is 0 Å². The summed E-state index contributed by atoms with van der Waals surface area (Å²) in [4.78, 5) is 13.0. The zero-order chi connectivity index (χ0) is 17.9. The van der Waals surface area contributed by atoms with E-state index < -0.39 is 0 Å². The Morgan fingerprint density at radius 2 is 2.12 bits per heavy atom. The summed E-state index contributed by atoms with van der Waals surface area (Å²) in [5.41, 5.74) is 3.23. The van der Waals surface area contributed by atoms with Gasteiger partial charge in [0.25, 0.3) is 5.91 Å². The normalized spacial score (nSPS) is 17.5. The van der Waals surface area contributed by atoms with E-state index in [0.717, 1.165) is 48.0 Å². The number of aromatic nitrogens is 2. The van der Waals surface area contributed by atoms with Crippen LogP contribution in [0.25, 0.3) is 10.9 Å². The minimum atomic E-state index is -0.180. The van der Waals surface area contributed by atoms with Gasteiger partial charge in [-0.2, -0.15) is 9.78 Å². The Bertz CT molecular complexity index is 926. The van der Waals surface area contributed by atoms with E-state index >= 15 is 0 Å². The largest absolute Gasteiger partial charge is 0.353 e. The van der Waals surface area contributed by atoms with E-state index in [1.165, 1.54) is 4.68 Å². The molecule has 1 atom stereocenters. The Labute approximate surface area is 152 Å². The van der Waals surface area contributed by atoms with Crippen LogP contribution in [0.15, 0.2) is 48.5 Å². The SMILES string of the molecule is Cc1cccc(C(=O)n2nc(COC3CCCCO3)c3ccccc32)c1. The van der Waals surface area contributed by atoms with Crippen LogP contribution in [0.1, 0.15) is 40.9 Å². The van der Waals surface area contributed by atoms with Crippen molar-refractivity contribution >= 4 is 16.8 Å². The molecule has 0 aliphatic carbocycles. The average molecular weight is 350 g/mol. The van der Waals surface area contributed by atoms with Crippen LogP contribution in [0.4, 0.5) is 0 Å². The topological polar surface area (TPSA) is 53.4 Å². The minimum Gasteiger partial charge on any atom is -0.353 e. The van der Waals surface area contributed by atoms with Crippen molar-refractivity contribution in [2.24, 2.45) is 0 Å². The summed E-state index contributed by atoms with van der Waals surface area (Å²) >= 11 is 0. The van der Waals surface area contributed by atoms with Gasteiger partial charge in [0.1, 0.15) is 0 Å². The molecule has 5 heteroatoms. The Morgan fingerprint density at radius 1 is 1.23 bits per heavy atom. The predicted molar refractivity (Wildman–Crippen MR) is 99.0 cm³/mol. The molecule has 4 rings (SSSR count). The third-order valence-corrected chi connectivity index (χ3v) is 4.67. The molecule has 0 radical (unpaired) electrons. The first-order valence-corrected chi connectivity index (χ1v) is 9.03. The van der Waals surface area contributed by atoms with Gasteiger partial charge in [-0.3, -0.25) is 4.79 Å². The number of benzene rings is 2. The van der Waals surface area contributed by atoms with Gasteiger partial charge >= 0.3 is 0 Å². The second-order valence-electron chi connectivity index (χ2n) is 6.66. The average Bonchev–Trinajstić information content (AvgIpc) is 3.05. The van der Waals surface area contributed by atoms with Gasteiger partial charge in [0.05, 0.1) is 17.8 Å². The van der Waals surface area contributed by atoms with Crippen molar-refractivity contribution in [2.75, 3.05) is 6.61 Å². The molecule has 0 amide bonds. The maximum Gasteiger partial charge on any atom is 0.278 e. The number of hydrogen-bond acceptors (Lipinski definition) is 4. The number of carbonyl (C=O) groups excluding carboxylic acids is 1. The molecule has 26 heavy (non-hydrogen) atoms. The van der Waals surface area contributed by atoms with E-state index in [0.29, 0.717) is 12.2 Å². The van der Waals surface area contributed by atoms with Crippen LogP contribution in [-0.2, 0) is 16.1 Å². The summed E-state index contributed by atoms with van der Waals surface area (Å²) in [6.07, 6.45) is 2.93. The van der Waals surface area contributed by atoms with Crippen molar-refractivity contribution in [3.05, 3.63) is 65.4 Å². The van der Waals surface area contributed by atoms with Crippen molar-refractivity contribution < 1.29 is 14.3 Å². The lowest BCUT2D eigenvalue weighted by Crippen LogP contribution is -2.22. The molecule has 1 aliphatic heterocycles. The summed E-state index contributed by atoms with van der Waals surface area (Å²) in [5, 5.41) is 5.50. The van der Waals surface area contributed by atoms with Gasteiger partial charge in [-0.15, -0.1) is 0 Å². The van der Waals surface area contributed by atoms with Crippen LogP contribution >= 0.6 is 0 Å². The standard InChI is InChI=1S/C21H22N2O3/c1-15-7-6-8-16(13-15)21(24)23-19-10-3-2-9-17(19)18(22-23)14-26-20-11-4-5-12-25-20/h2-3,6-10,13,20H,4-5,11-12,14H2,1H3. The Kier molecular flexibility index (Phi) is 4.82. The molecule has 2 heterocycles. The number of rotatable bonds is 4. The van der Waals surface area contributed by atoms with E-state index in [2.05, 4.69) is 5.10 Å². The van der Waals surface area contributed by atoms with Crippen LogP contribution in [0.3, 0.4) is 0 Å². The summed E-state index contributed by atoms with van der Waals surface area (Å²) in [6, 6.07) is 15.3. The summed E-state index contributed by atoms with van der Waals surface area (Å²) < 4.78 is 13.0. The van der Waals surface area contributed by atoms with Crippen molar-refractivity contribution in [1.82, 2.24) is 9.78 Å². The molecule has 0 spiro atoms. The molecule has 2 aromatic carbocycles. The molecule has 0 N–H and O–H groups in total. The molecule has 1 aliphatic rings. The first kappa shape index (κ1) is 16.9. The van der Waals surface area contributed by atoms with Crippen LogP contribution in [0.5, 0.6) is 0 Å². The summed E-state index contributed by atoms with van der Waals surface area (Å²) in [7, 11) is 0. The van der Waals surface area contributed by atoms with Gasteiger partial charge in [-0.25, -0.2) is 0 Å². The van der Waals surface area contributed by atoms with Crippen LogP contribution < -0.4 is 0 Å². The Balaban J connectivity index is 1.64. The number of para-hydroxylation sites is 1. The Morgan fingerprint density at radius 3 is 2.92 bits per heavy atom. The zero-order valence-corrected chi connectivity index (χ0v) is 14.9. The van der Waals surface area contributed by atoms with Gasteiger partial charge in [0.15, 0.2) is 6.29 Å². The highest BCUT2D eigenvalue weighted by molar-refractivity contribution is 6.01. The second-order valence-corrected chi connectivity index (χ2v) is 6.66. The van der Waals surface area contributed by atoms with Crippen LogP contribution in [-0.4, -0.2) is 28.6 Å². The molecular formula is C21H22N2O3. The van der Waals surface area contributed by atoms with E-state index in [1.807, 2.05) is 55.5 Å². The molecule has 1 fully saturated rings. The van der Waals surface area contributed by atoms with Gasteiger partial charge in [-0.1, -0.05) is 35.9 Å². The number of nitrogens with zero attached hydrogens (tertiary/aromatic N) is 2. The summed E-state index contributed by atoms with van der Waals surface area (Å²) in [5.74, 6) is -0.134. The molecule has 1 aromatic heterocycles. The third kappa shape index (κ3) is 3.41. The highest BCUT2D eigenvalue weighted by atomic mass is 16.7. The van der Waals surface area contributed by atoms with Gasteiger partial charge < -0.3 is 9.47 Å². The molecule has 1 saturated heterocycles. The van der Waals surface area contributed by atoms with Crippen molar-refractivity contribution in [2.45, 2.75) is 39.1 Å². The minimum absolute atomic E-state index is 0.134. The molecule has 134 valence electrons. The second kappa shape index (κ2) is 7.40. The van der Waals surface area contributed by atoms with Crippen molar-refractivity contribution in [1.29, 1.82) is 0 Å². The molecular weight excluding hydrogens is 328 g/mol. The van der Waals surface area contributed by atoms with E-state index in [4.69, 9.17) is 9.47 Å². The lowest BCUT2D eigenvalue weighted by Gasteiger charge is -2.22. The number of carbonyl (C=O) groups is 1. The predicted octanol–water partition coefficient (Wildman–Crippen LogP) is 4.08. The molecule has 0 bridgehead atoms. The number of aryl methyl sites for hydroxylation is 1. The van der Waals surface area contributed by atoms with Crippen molar-refractivity contribution in [3.63, 3.8) is 0 Å². The molecule has 3 aromatic rings. The fourth-order valence-electron chi connectivity index (χ4n) is 3.31. The molecule has 1 unspecified atom stereocenters. The first-order valence-electron chi connectivity index (χ1n) is 9.03. The number of fused-ring (bicyclic) bond motifs is 1. The fourth-order valence-corrected chi connectivity index (χ4v) is 3.31. The monoisotopic (exact) mass is 350 g/mol. The zero-order valence-electron chi connectivity index (χ0n) is 14.9. The lowest BCUT2D eigenvalue weighted by atomic mass is 10.1.